The summed E-state index contributed by atoms with van der Waals surface area (Å²) in [6.07, 6.45) is 8.00. The van der Waals surface area contributed by atoms with Crippen LogP contribution in [-0.4, -0.2) is 263 Å². The number of nitrogens with one attached hydrogen (secondary N) is 1. The summed E-state index contributed by atoms with van der Waals surface area (Å²) in [7, 11) is 11.8. The number of alkyl halides is 1. The molecule has 5 heterocycles. The van der Waals surface area contributed by atoms with E-state index in [-0.39, 0.29) is 122 Å². The number of hydrogen-bond donors (Lipinski definition) is 3. The topological polar surface area (TPSA) is 579 Å². The average Bonchev–Trinajstić information content (AvgIpc) is 1.78. The molecule has 5 N–H and O–H groups in total. The largest absolute Gasteiger partial charge is 1.00 e. The van der Waals surface area contributed by atoms with Gasteiger partial charge >= 0.3 is 102 Å². The summed E-state index contributed by atoms with van der Waals surface area (Å²) in [5.41, 5.74) is 21.0. The maximum Gasteiger partial charge on any atom is 1.00 e. The molecule has 5 aliphatic rings. The van der Waals surface area contributed by atoms with E-state index in [0.717, 1.165) is 115 Å². The predicted octanol–water partition coefficient (Wildman–Crippen LogP) is 4.60. The van der Waals surface area contributed by atoms with Crippen molar-refractivity contribution >= 4 is 173 Å². The summed E-state index contributed by atoms with van der Waals surface area (Å²) >= 11 is 3.24. The maximum absolute atomic E-state index is 12.9. The number of carboxylic acids is 1. The van der Waals surface area contributed by atoms with E-state index in [9.17, 15) is 101 Å². The van der Waals surface area contributed by atoms with Crippen molar-refractivity contribution in [2.45, 2.75) is 85.2 Å². The van der Waals surface area contributed by atoms with Gasteiger partial charge in [0.1, 0.15) is 37.2 Å². The minimum atomic E-state index is -0.987. The second kappa shape index (κ2) is 66.8. The Kier molecular flexibility index (Phi) is 59.4. The molecule has 7 aromatic carbocycles. The van der Waals surface area contributed by atoms with Crippen molar-refractivity contribution in [3.05, 3.63) is 222 Å². The van der Waals surface area contributed by atoms with Crippen molar-refractivity contribution in [2.75, 3.05) is 146 Å². The molecule has 0 saturated carbocycles. The number of carboxylic acid groups (broad SMARTS) is 1. The first-order valence-corrected chi connectivity index (χ1v) is 42.3. The summed E-state index contributed by atoms with van der Waals surface area (Å²) in [4.78, 5) is 229. The summed E-state index contributed by atoms with van der Waals surface area (Å²) in [5, 5.41) is 16.2. The van der Waals surface area contributed by atoms with Crippen LogP contribution in [0, 0.1) is 5.82 Å². The van der Waals surface area contributed by atoms with Crippen molar-refractivity contribution in [2.24, 2.45) is 5.11 Å². The Balaban J connectivity index is 0.000000797. The number of morpholine rings is 2. The first-order chi connectivity index (χ1) is 65.1. The van der Waals surface area contributed by atoms with Crippen LogP contribution in [0.15, 0.2) is 133 Å². The number of anilines is 5. The van der Waals surface area contributed by atoms with E-state index < -0.39 is 65.5 Å². The molecule has 0 spiro atoms. The fourth-order valence-electron chi connectivity index (χ4n) is 12.6. The normalized spacial score (nSPS) is 12.9. The predicted molar refractivity (Wildman–Crippen MR) is 492 cm³/mol. The molecule has 4 amide bonds. The Morgan fingerprint density at radius 3 is 1.19 bits per heavy atom. The number of hydrogen-bond acceptors (Lipinski definition) is 35. The van der Waals surface area contributed by atoms with Gasteiger partial charge < -0.3 is 86.9 Å². The van der Waals surface area contributed by atoms with Crippen LogP contribution in [0.1, 0.15) is 208 Å². The zero-order chi connectivity index (χ0) is 101. The smallest absolute Gasteiger partial charge is 0.870 e. The minimum absolute atomic E-state index is 0. The van der Waals surface area contributed by atoms with Gasteiger partial charge in [0.15, 0.2) is 0 Å². The minimum Gasteiger partial charge on any atom is -0.870 e. The van der Waals surface area contributed by atoms with E-state index in [4.69, 9.17) is 25.5 Å². The molecule has 47 heteroatoms. The summed E-state index contributed by atoms with van der Waals surface area (Å²) in [6.45, 7) is 13.2. The molecule has 12 rings (SSSR count). The SMILES string of the molecule is CC(=O)OOC(C)=O.COC(=O)c1cc(C=O)ccc1F.COC(=O)c1cc(C=O)ccc1N.COC(=O)c1cc(C=O)ccc1N1CCCC1=O.COC(=O)c1cc(C=O)ccc1N=[N+]=[N-].COC(=O)c1cc(C=O)ccc1NC(=O)CCCBr.COC(=O)c1cc(CN2CCOCC2)ccc1N1CCCC1=O.O=C(O)c1cc(CN2CCOCC2)ccc1N1CCCC1=O.[B-]OC(C)=O.[Li+].[Na+].[OH-]. The van der Waals surface area contributed by atoms with Crippen LogP contribution in [0.3, 0.4) is 0 Å². The Bertz CT molecular complexity index is 5410. The van der Waals surface area contributed by atoms with Crippen molar-refractivity contribution < 1.29 is 207 Å². The summed E-state index contributed by atoms with van der Waals surface area (Å²) in [6, 6.07) is 32.2. The number of benzene rings is 7. The third kappa shape index (κ3) is 41.7. The number of halogens is 2. The van der Waals surface area contributed by atoms with Crippen LogP contribution in [-0.2, 0) is 99.0 Å². The molecule has 5 saturated heterocycles. The summed E-state index contributed by atoms with van der Waals surface area (Å²) in [5.74, 6) is -7.09. The van der Waals surface area contributed by atoms with E-state index >= 15 is 0 Å². The molecule has 139 heavy (non-hydrogen) atoms. The number of amides is 4. The number of aldehydes is 5. The van der Waals surface area contributed by atoms with Gasteiger partial charge in [0, 0.05) is 149 Å². The number of methoxy groups -OCH3 is 6. The van der Waals surface area contributed by atoms with Gasteiger partial charge in [-0.1, -0.05) is 45.3 Å². The second-order valence-electron chi connectivity index (χ2n) is 28.5. The van der Waals surface area contributed by atoms with Crippen LogP contribution >= 0.6 is 15.9 Å². The second-order valence-corrected chi connectivity index (χ2v) is 29.3. The number of nitrogen functional groups attached to an aromatic ring is 1. The van der Waals surface area contributed by atoms with E-state index in [2.05, 4.69) is 87.2 Å². The van der Waals surface area contributed by atoms with E-state index in [1.54, 1.807) is 39.0 Å². The first-order valence-electron chi connectivity index (χ1n) is 41.1. The van der Waals surface area contributed by atoms with Gasteiger partial charge in [0.2, 0.25) is 29.6 Å². The van der Waals surface area contributed by atoms with Crippen LogP contribution < -0.4 is 74.2 Å². The van der Waals surface area contributed by atoms with E-state index in [1.807, 2.05) is 24.3 Å². The van der Waals surface area contributed by atoms with Crippen LogP contribution in [0.4, 0.5) is 38.5 Å². The fraction of sp³-hybridized carbons (Fsp3) is 0.337. The van der Waals surface area contributed by atoms with E-state index in [0.29, 0.717) is 159 Å². The number of carbonyl (C=O) groups is 19. The van der Waals surface area contributed by atoms with Gasteiger partial charge in [-0.15, -0.1) is 0 Å². The monoisotopic (exact) mass is 2000 g/mol. The average molecular weight is 2000 g/mol. The van der Waals surface area contributed by atoms with E-state index in [1.165, 1.54) is 109 Å². The Morgan fingerprint density at radius 2 is 0.813 bits per heavy atom. The zero-order valence-corrected chi connectivity index (χ0v) is 81.8. The molecule has 731 valence electrons. The molecule has 42 nitrogen and oxygen atoms in total. The standard InChI is InChI=1S/C17H22N2O4.C16H20N2O4.C13H14BrNO4.C13H13NO4.C9H7FO3.C9H7N3O3.C9H9NO3.C4H6O4.C2H3BO2.Li.Na.H2O/c1-22-17(21)14-11-13(12-18-7-9-23-10-8-18)4-5-15(14)19-6-2-3-16(19)20;19-15-2-1-5-18(15)14-4-3-12(10-13(14)16(20)21)11-17-6-8-22-9-7-17;1-19-13(18)10-7-9(8-16)4-5-11(10)15-12(17)3-2-6-14;1-18-13(17)10-7-9(8-15)4-5-11(10)14-6-2-3-12(14)16;1-13-9(12)7-4-6(5-11)2-3-8(7)10;1-15-9(14)7-4-6(5-13)2-3-8(7)11-12-10;1-13-9(12)7-4-6(5-11)2-3-8(7)10;1-3(5)7-8-4(2)6;1-2(4)5-3;;;/h4-5,11H,2-3,6-10,12H2,1H3;3-4,10H,1-2,5-9,11H2,(H,20,21);4-5,7-8H,2-3,6H2,1H3,(H,15,17);4-5,7-8H,2-3,6H2,1H3;2-5H,1H3;2-5H,1H3;2-5H,10H2,1H3;1-2H3;1H3;;;1H2/q;;;;;;;;-1;2*+1;/p-1. The molecular formula is C92H102BBrFLiN10NaO32. The molecule has 0 aliphatic carbocycles. The van der Waals surface area contributed by atoms with Crippen molar-refractivity contribution in [1.82, 2.24) is 9.80 Å². The number of carbonyl (C=O) groups excluding carboxylic acids is 18. The van der Waals surface area contributed by atoms with Crippen LogP contribution in [0.2, 0.25) is 0 Å². The van der Waals surface area contributed by atoms with Gasteiger partial charge in [-0.05, 0) is 145 Å². The Hall–Kier alpha value is -13.5. The Labute approximate surface area is 841 Å². The number of nitrogens with two attached hydrogens (primary N) is 1. The number of nitrogens with zero attached hydrogens (tertiary/aromatic N) is 8. The number of rotatable bonds is 24. The fourth-order valence-corrected chi connectivity index (χ4v) is 12.9. The van der Waals surface area contributed by atoms with Gasteiger partial charge in [-0.2, -0.15) is 0 Å². The van der Waals surface area contributed by atoms with Crippen LogP contribution in [0.5, 0.6) is 0 Å². The third-order valence-electron chi connectivity index (χ3n) is 19.1. The molecule has 0 bridgehead atoms. The number of azide groups is 1. The molecular weight excluding hydrogens is 1900 g/mol. The van der Waals surface area contributed by atoms with Crippen molar-refractivity contribution in [3.8, 4) is 0 Å². The molecule has 7 aromatic rings. The van der Waals surface area contributed by atoms with Crippen molar-refractivity contribution in [1.29, 1.82) is 0 Å². The number of esters is 6. The van der Waals surface area contributed by atoms with Gasteiger partial charge in [0.05, 0.1) is 136 Å². The maximum atomic E-state index is 12.9. The number of ether oxygens (including phenoxy) is 8. The molecule has 5 fully saturated rings. The Morgan fingerprint density at radius 1 is 0.482 bits per heavy atom. The number of aromatic carboxylic acids is 1. The first kappa shape index (κ1) is 123. The quantitative estimate of drug-likeness (QED) is 0.00636. The van der Waals surface area contributed by atoms with Gasteiger partial charge in [-0.25, -0.2) is 57.3 Å². The molecule has 5 aliphatic heterocycles. The van der Waals surface area contributed by atoms with Gasteiger partial charge in [-0.3, -0.25) is 57.7 Å². The molecule has 0 aromatic heterocycles. The molecule has 0 unspecified atom stereocenters. The molecule has 0 atom stereocenters. The summed E-state index contributed by atoms with van der Waals surface area (Å²) < 4.78 is 54.7. The zero-order valence-electron chi connectivity index (χ0n) is 78.2. The van der Waals surface area contributed by atoms with Crippen molar-refractivity contribution in [3.63, 3.8) is 0 Å². The van der Waals surface area contributed by atoms with Crippen LogP contribution in [0.25, 0.3) is 10.4 Å². The molecule has 3 radical (unpaired) electrons. The third-order valence-corrected chi connectivity index (χ3v) is 19.7. The van der Waals surface area contributed by atoms with Gasteiger partial charge in [0.25, 0.3) is 0 Å².